The van der Waals surface area contributed by atoms with E-state index < -0.39 is 0 Å². The van der Waals surface area contributed by atoms with Gasteiger partial charge >= 0.3 is 0 Å². The van der Waals surface area contributed by atoms with Gasteiger partial charge in [-0.1, -0.05) is 27.7 Å². The summed E-state index contributed by atoms with van der Waals surface area (Å²) in [4.78, 5) is 4.05. The summed E-state index contributed by atoms with van der Waals surface area (Å²) in [5, 5.41) is 3.72. The molecule has 0 radical (unpaired) electrons. The molecule has 2 heteroatoms. The third kappa shape index (κ3) is 1.65. The van der Waals surface area contributed by atoms with Gasteiger partial charge in [-0.25, -0.2) is 0 Å². The molecule has 1 unspecified atom stereocenters. The molecule has 1 aromatic heterocycles. The number of pyridine rings is 1. The van der Waals surface area contributed by atoms with Gasteiger partial charge in [0.25, 0.3) is 0 Å². The van der Waals surface area contributed by atoms with Gasteiger partial charge in [0.1, 0.15) is 0 Å². The second-order valence-corrected chi connectivity index (χ2v) is 6.05. The Hall–Kier alpha value is -0.890. The Morgan fingerprint density at radius 2 is 1.62 bits per heavy atom. The summed E-state index contributed by atoms with van der Waals surface area (Å²) in [6.45, 7) is 11.6. The van der Waals surface area contributed by atoms with Crippen LogP contribution in [0.3, 0.4) is 0 Å². The number of hydrogen-bond acceptors (Lipinski definition) is 2. The molecule has 0 aliphatic heterocycles. The molecule has 0 saturated heterocycles. The van der Waals surface area contributed by atoms with E-state index in [0.717, 1.165) is 0 Å². The molecule has 1 fully saturated rings. The van der Waals surface area contributed by atoms with Gasteiger partial charge in [-0.05, 0) is 35.4 Å². The molecule has 0 bridgehead atoms. The fourth-order valence-corrected chi connectivity index (χ4v) is 2.61. The summed E-state index contributed by atoms with van der Waals surface area (Å²) < 4.78 is 0. The summed E-state index contributed by atoms with van der Waals surface area (Å²) in [5.74, 6) is 0. The maximum atomic E-state index is 4.05. The van der Waals surface area contributed by atoms with Crippen molar-refractivity contribution in [1.82, 2.24) is 10.3 Å². The molecule has 88 valence electrons. The van der Waals surface area contributed by atoms with Gasteiger partial charge in [0.05, 0.1) is 0 Å². The molecule has 1 heterocycles. The largest absolute Gasteiger partial charge is 0.306 e. The fourth-order valence-electron chi connectivity index (χ4n) is 2.61. The first-order chi connectivity index (χ1) is 7.37. The SMILES string of the molecule is CC(NC1C(C)(C)C1(C)C)c1ccncc1. The fraction of sp³-hybridized carbons (Fsp3) is 0.643. The van der Waals surface area contributed by atoms with Gasteiger partial charge < -0.3 is 5.32 Å². The van der Waals surface area contributed by atoms with Crippen LogP contribution in [-0.2, 0) is 0 Å². The zero-order valence-corrected chi connectivity index (χ0v) is 10.9. The molecular weight excluding hydrogens is 196 g/mol. The highest BCUT2D eigenvalue weighted by atomic mass is 15.1. The lowest BCUT2D eigenvalue weighted by atomic mass is 10.0. The number of nitrogens with zero attached hydrogens (tertiary/aromatic N) is 1. The van der Waals surface area contributed by atoms with E-state index in [4.69, 9.17) is 0 Å². The van der Waals surface area contributed by atoms with E-state index in [0.29, 0.717) is 22.9 Å². The van der Waals surface area contributed by atoms with Crippen LogP contribution in [0.1, 0.15) is 46.2 Å². The first kappa shape index (κ1) is 11.6. The van der Waals surface area contributed by atoms with Crippen LogP contribution in [0.4, 0.5) is 0 Å². The molecule has 0 spiro atoms. The lowest BCUT2D eigenvalue weighted by molar-refractivity contribution is 0.457. The van der Waals surface area contributed by atoms with Crippen molar-refractivity contribution in [3.8, 4) is 0 Å². The molecular formula is C14H22N2. The molecule has 2 rings (SSSR count). The van der Waals surface area contributed by atoms with Crippen LogP contribution in [0, 0.1) is 10.8 Å². The van der Waals surface area contributed by atoms with Crippen molar-refractivity contribution in [3.05, 3.63) is 30.1 Å². The monoisotopic (exact) mass is 218 g/mol. The average Bonchev–Trinajstić information content (AvgIpc) is 2.62. The first-order valence-electron chi connectivity index (χ1n) is 6.03. The molecule has 1 aliphatic rings. The summed E-state index contributed by atoms with van der Waals surface area (Å²) in [6, 6.07) is 5.16. The van der Waals surface area contributed by atoms with Gasteiger partial charge in [-0.2, -0.15) is 0 Å². The highest BCUT2D eigenvalue weighted by Gasteiger charge is 2.64. The molecule has 1 N–H and O–H groups in total. The van der Waals surface area contributed by atoms with Crippen molar-refractivity contribution in [2.24, 2.45) is 10.8 Å². The highest BCUT2D eigenvalue weighted by molar-refractivity contribution is 5.21. The van der Waals surface area contributed by atoms with Crippen molar-refractivity contribution in [3.63, 3.8) is 0 Å². The van der Waals surface area contributed by atoms with E-state index in [9.17, 15) is 0 Å². The second-order valence-electron chi connectivity index (χ2n) is 6.05. The minimum atomic E-state index is 0.397. The van der Waals surface area contributed by atoms with Crippen molar-refractivity contribution in [1.29, 1.82) is 0 Å². The Morgan fingerprint density at radius 3 is 2.06 bits per heavy atom. The third-order valence-electron chi connectivity index (χ3n) is 4.64. The van der Waals surface area contributed by atoms with Crippen molar-refractivity contribution >= 4 is 0 Å². The molecule has 0 aromatic carbocycles. The van der Waals surface area contributed by atoms with Crippen LogP contribution < -0.4 is 5.32 Å². The lowest BCUT2D eigenvalue weighted by Crippen LogP contribution is -2.25. The van der Waals surface area contributed by atoms with E-state index in [1.165, 1.54) is 5.56 Å². The quantitative estimate of drug-likeness (QED) is 0.843. The summed E-state index contributed by atoms with van der Waals surface area (Å²) in [6.07, 6.45) is 3.72. The number of rotatable bonds is 3. The zero-order valence-electron chi connectivity index (χ0n) is 10.9. The van der Waals surface area contributed by atoms with Gasteiger partial charge in [0.15, 0.2) is 0 Å². The maximum absolute atomic E-state index is 4.05. The van der Waals surface area contributed by atoms with E-state index in [1.807, 2.05) is 12.4 Å². The first-order valence-corrected chi connectivity index (χ1v) is 6.03. The van der Waals surface area contributed by atoms with Crippen molar-refractivity contribution < 1.29 is 0 Å². The highest BCUT2D eigenvalue weighted by Crippen LogP contribution is 2.63. The Bertz CT molecular complexity index is 354. The van der Waals surface area contributed by atoms with Gasteiger partial charge in [-0.3, -0.25) is 4.98 Å². The second kappa shape index (κ2) is 3.56. The standard InChI is InChI=1S/C14H22N2/c1-10(11-6-8-15-9-7-11)16-12-13(2,3)14(12,4)5/h6-10,12,16H,1-5H3. The number of nitrogens with one attached hydrogen (secondary N) is 1. The van der Waals surface area contributed by atoms with Crippen LogP contribution >= 0.6 is 0 Å². The minimum absolute atomic E-state index is 0.397. The number of hydrogen-bond donors (Lipinski definition) is 1. The Kier molecular flexibility index (Phi) is 2.58. The van der Waals surface area contributed by atoms with Crippen molar-refractivity contribution in [2.45, 2.75) is 46.7 Å². The van der Waals surface area contributed by atoms with Crippen LogP contribution in [-0.4, -0.2) is 11.0 Å². The van der Waals surface area contributed by atoms with Crippen LogP contribution in [0.25, 0.3) is 0 Å². The minimum Gasteiger partial charge on any atom is -0.306 e. The summed E-state index contributed by atoms with van der Waals surface area (Å²) >= 11 is 0. The van der Waals surface area contributed by atoms with E-state index in [2.05, 4.69) is 57.1 Å². The van der Waals surface area contributed by atoms with Crippen LogP contribution in [0.15, 0.2) is 24.5 Å². The zero-order chi connectivity index (χ0) is 12.0. The molecule has 0 amide bonds. The van der Waals surface area contributed by atoms with E-state index in [-0.39, 0.29) is 0 Å². The van der Waals surface area contributed by atoms with Crippen LogP contribution in [0.5, 0.6) is 0 Å². The predicted molar refractivity (Wildman–Crippen MR) is 67.1 cm³/mol. The van der Waals surface area contributed by atoms with Gasteiger partial charge in [-0.15, -0.1) is 0 Å². The average molecular weight is 218 g/mol. The van der Waals surface area contributed by atoms with E-state index in [1.54, 1.807) is 0 Å². The van der Waals surface area contributed by atoms with Crippen LogP contribution in [0.2, 0.25) is 0 Å². The molecule has 16 heavy (non-hydrogen) atoms. The smallest absolute Gasteiger partial charge is 0.0295 e. The topological polar surface area (TPSA) is 24.9 Å². The summed E-state index contributed by atoms with van der Waals surface area (Å²) in [7, 11) is 0. The van der Waals surface area contributed by atoms with Gasteiger partial charge in [0.2, 0.25) is 0 Å². The Labute approximate surface area is 98.5 Å². The van der Waals surface area contributed by atoms with E-state index >= 15 is 0 Å². The maximum Gasteiger partial charge on any atom is 0.0295 e. The predicted octanol–water partition coefficient (Wildman–Crippen LogP) is 3.17. The van der Waals surface area contributed by atoms with Crippen molar-refractivity contribution in [2.75, 3.05) is 0 Å². The lowest BCUT2D eigenvalue weighted by Gasteiger charge is -2.15. The molecule has 2 nitrogen and oxygen atoms in total. The summed E-state index contributed by atoms with van der Waals surface area (Å²) in [5.41, 5.74) is 2.11. The molecule has 1 atom stereocenters. The molecule has 1 aliphatic carbocycles. The molecule has 1 saturated carbocycles. The normalized spacial score (nSPS) is 24.1. The van der Waals surface area contributed by atoms with Gasteiger partial charge in [0, 0.05) is 24.5 Å². The number of aromatic nitrogens is 1. The Morgan fingerprint density at radius 1 is 1.12 bits per heavy atom. The molecule has 1 aromatic rings. The Balaban J connectivity index is 2.03. The third-order valence-corrected chi connectivity index (χ3v) is 4.64.